The monoisotopic (exact) mass is 556 g/mol. The molecule has 1 unspecified atom stereocenters. The summed E-state index contributed by atoms with van der Waals surface area (Å²) in [5.41, 5.74) is 4.68. The van der Waals surface area contributed by atoms with Crippen molar-refractivity contribution < 1.29 is 34.0 Å². The molecular formula is C33H48O7. The summed E-state index contributed by atoms with van der Waals surface area (Å²) >= 11 is 0. The third kappa shape index (κ3) is 11.2. The Morgan fingerprint density at radius 1 is 0.675 bits per heavy atom. The quantitative estimate of drug-likeness (QED) is 0.155. The van der Waals surface area contributed by atoms with E-state index in [9.17, 15) is 19.8 Å². The van der Waals surface area contributed by atoms with Crippen molar-refractivity contribution >= 4 is 11.9 Å². The molecule has 1 atom stereocenters. The maximum Gasteiger partial charge on any atom is 0.310 e. The average Bonchev–Trinajstić information content (AvgIpc) is 2.93. The lowest BCUT2D eigenvalue weighted by molar-refractivity contribution is -0.162. The number of carbonyl (C=O) groups excluding carboxylic acids is 2. The van der Waals surface area contributed by atoms with Crippen molar-refractivity contribution in [2.75, 3.05) is 19.8 Å². The van der Waals surface area contributed by atoms with E-state index in [1.54, 1.807) is 38.1 Å². The van der Waals surface area contributed by atoms with Crippen LogP contribution in [0.3, 0.4) is 0 Å². The van der Waals surface area contributed by atoms with E-state index >= 15 is 0 Å². The van der Waals surface area contributed by atoms with Crippen LogP contribution in [0, 0.1) is 27.7 Å². The SMILES string of the molecule is CCCCCCCCCCOCC(COC(=O)Cc1ccc(O)c(C)c1C)OC(=O)Cc1ccc(O)c(C)c1C. The Kier molecular flexibility index (Phi) is 14.6. The normalized spacial score (nSPS) is 11.8. The number of carbonyl (C=O) groups is 2. The van der Waals surface area contributed by atoms with Gasteiger partial charge >= 0.3 is 11.9 Å². The van der Waals surface area contributed by atoms with Gasteiger partial charge in [0.2, 0.25) is 0 Å². The molecule has 0 bridgehead atoms. The van der Waals surface area contributed by atoms with Gasteiger partial charge < -0.3 is 24.4 Å². The van der Waals surface area contributed by atoms with Crippen LogP contribution in [0.15, 0.2) is 24.3 Å². The van der Waals surface area contributed by atoms with E-state index < -0.39 is 18.0 Å². The summed E-state index contributed by atoms with van der Waals surface area (Å²) in [6.45, 7) is 10.1. The minimum Gasteiger partial charge on any atom is -0.508 e. The molecule has 0 aliphatic carbocycles. The first-order chi connectivity index (χ1) is 19.1. The predicted octanol–water partition coefficient (Wildman–Crippen LogP) is 6.73. The molecule has 0 radical (unpaired) electrons. The highest BCUT2D eigenvalue weighted by atomic mass is 16.6. The minimum absolute atomic E-state index is 0.0431. The summed E-state index contributed by atoms with van der Waals surface area (Å²) in [4.78, 5) is 25.4. The van der Waals surface area contributed by atoms with Gasteiger partial charge in [-0.05, 0) is 79.6 Å². The molecule has 0 amide bonds. The highest BCUT2D eigenvalue weighted by molar-refractivity contribution is 5.74. The zero-order valence-electron chi connectivity index (χ0n) is 25.0. The molecule has 7 nitrogen and oxygen atoms in total. The Bertz CT molecular complexity index is 1090. The predicted molar refractivity (Wildman–Crippen MR) is 157 cm³/mol. The molecule has 0 spiro atoms. The van der Waals surface area contributed by atoms with Crippen LogP contribution in [0.25, 0.3) is 0 Å². The van der Waals surface area contributed by atoms with E-state index in [2.05, 4.69) is 6.92 Å². The van der Waals surface area contributed by atoms with Gasteiger partial charge in [0.25, 0.3) is 0 Å². The largest absolute Gasteiger partial charge is 0.508 e. The van der Waals surface area contributed by atoms with Crippen molar-refractivity contribution in [2.45, 2.75) is 105 Å². The number of ether oxygens (including phenoxy) is 3. The first-order valence-electron chi connectivity index (χ1n) is 14.6. The van der Waals surface area contributed by atoms with Gasteiger partial charge in [-0.3, -0.25) is 9.59 Å². The summed E-state index contributed by atoms with van der Waals surface area (Å²) in [7, 11) is 0. The lowest BCUT2D eigenvalue weighted by Crippen LogP contribution is -2.31. The van der Waals surface area contributed by atoms with E-state index in [-0.39, 0.29) is 37.6 Å². The fourth-order valence-corrected chi connectivity index (χ4v) is 4.55. The number of benzene rings is 2. The Morgan fingerprint density at radius 2 is 1.18 bits per heavy atom. The molecule has 2 rings (SSSR count). The van der Waals surface area contributed by atoms with Crippen LogP contribution in [0.2, 0.25) is 0 Å². The van der Waals surface area contributed by atoms with Crippen LogP contribution in [0.1, 0.15) is 91.7 Å². The van der Waals surface area contributed by atoms with Gasteiger partial charge in [0.15, 0.2) is 6.10 Å². The number of hydrogen-bond acceptors (Lipinski definition) is 7. The van der Waals surface area contributed by atoms with Gasteiger partial charge in [0, 0.05) is 6.61 Å². The summed E-state index contributed by atoms with van der Waals surface area (Å²) in [5.74, 6) is -0.514. The number of phenols is 2. The molecule has 0 aliphatic heterocycles. The molecule has 40 heavy (non-hydrogen) atoms. The Balaban J connectivity index is 1.90. The number of phenolic OH excluding ortho intramolecular Hbond substituents is 2. The molecule has 2 N–H and O–H groups in total. The van der Waals surface area contributed by atoms with Crippen LogP contribution >= 0.6 is 0 Å². The van der Waals surface area contributed by atoms with Crippen molar-refractivity contribution in [1.82, 2.24) is 0 Å². The van der Waals surface area contributed by atoms with Crippen molar-refractivity contribution in [2.24, 2.45) is 0 Å². The number of esters is 2. The van der Waals surface area contributed by atoms with Gasteiger partial charge in [-0.25, -0.2) is 0 Å². The summed E-state index contributed by atoms with van der Waals surface area (Å²) in [5, 5.41) is 19.8. The van der Waals surface area contributed by atoms with E-state index in [0.29, 0.717) is 6.61 Å². The average molecular weight is 557 g/mol. The maximum absolute atomic E-state index is 12.8. The minimum atomic E-state index is -0.730. The third-order valence-electron chi connectivity index (χ3n) is 7.59. The second-order valence-corrected chi connectivity index (χ2v) is 10.7. The zero-order chi connectivity index (χ0) is 29.5. The van der Waals surface area contributed by atoms with E-state index in [1.165, 1.54) is 38.5 Å². The zero-order valence-corrected chi connectivity index (χ0v) is 25.0. The van der Waals surface area contributed by atoms with Gasteiger partial charge in [-0.2, -0.15) is 0 Å². The van der Waals surface area contributed by atoms with Crippen molar-refractivity contribution in [3.8, 4) is 11.5 Å². The first kappa shape index (κ1) is 33.1. The van der Waals surface area contributed by atoms with Crippen LogP contribution in [-0.4, -0.2) is 48.1 Å². The molecule has 222 valence electrons. The highest BCUT2D eigenvalue weighted by Crippen LogP contribution is 2.24. The molecule has 0 saturated heterocycles. The Labute approximate surface area is 239 Å². The van der Waals surface area contributed by atoms with E-state index in [0.717, 1.165) is 46.2 Å². The molecule has 0 saturated carbocycles. The smallest absolute Gasteiger partial charge is 0.310 e. The molecule has 2 aromatic carbocycles. The Hall–Kier alpha value is -3.06. The van der Waals surface area contributed by atoms with Crippen molar-refractivity contribution in [3.63, 3.8) is 0 Å². The van der Waals surface area contributed by atoms with Gasteiger partial charge in [-0.15, -0.1) is 0 Å². The number of aromatic hydroxyl groups is 2. The topological polar surface area (TPSA) is 102 Å². The molecule has 0 aliphatic rings. The number of unbranched alkanes of at least 4 members (excludes halogenated alkanes) is 7. The maximum atomic E-state index is 12.8. The number of rotatable bonds is 18. The summed E-state index contributed by atoms with van der Waals surface area (Å²) in [6.07, 6.45) is 8.95. The van der Waals surface area contributed by atoms with Crippen LogP contribution < -0.4 is 0 Å². The Morgan fingerprint density at radius 3 is 1.73 bits per heavy atom. The standard InChI is InChI=1S/C33H48O7/c1-6-7-8-9-10-11-12-13-18-38-21-29(40-33(37)20-28-15-17-31(35)26(5)24(28)3)22-39-32(36)19-27-14-16-30(34)25(4)23(27)2/h14-17,29,34-35H,6-13,18-22H2,1-5H3. The number of hydrogen-bond donors (Lipinski definition) is 2. The van der Waals surface area contributed by atoms with Crippen LogP contribution in [0.5, 0.6) is 11.5 Å². The van der Waals surface area contributed by atoms with Crippen molar-refractivity contribution in [3.05, 3.63) is 57.6 Å². The van der Waals surface area contributed by atoms with Crippen molar-refractivity contribution in [1.29, 1.82) is 0 Å². The third-order valence-corrected chi connectivity index (χ3v) is 7.59. The fourth-order valence-electron chi connectivity index (χ4n) is 4.55. The van der Waals surface area contributed by atoms with Gasteiger partial charge in [0.05, 0.1) is 19.4 Å². The summed E-state index contributed by atoms with van der Waals surface area (Å²) < 4.78 is 17.0. The second kappa shape index (κ2) is 17.6. The molecule has 0 fully saturated rings. The molecule has 0 aromatic heterocycles. The van der Waals surface area contributed by atoms with Gasteiger partial charge in [-0.1, -0.05) is 64.0 Å². The highest BCUT2D eigenvalue weighted by Gasteiger charge is 2.20. The van der Waals surface area contributed by atoms with Gasteiger partial charge in [0.1, 0.15) is 18.1 Å². The molecule has 0 heterocycles. The fraction of sp³-hybridized carbons (Fsp3) is 0.576. The molecule has 7 heteroatoms. The van der Waals surface area contributed by atoms with E-state index in [4.69, 9.17) is 14.2 Å². The van der Waals surface area contributed by atoms with E-state index in [1.807, 2.05) is 13.8 Å². The molecule has 2 aromatic rings. The molecular weight excluding hydrogens is 508 g/mol. The first-order valence-corrected chi connectivity index (χ1v) is 14.6. The lowest BCUT2D eigenvalue weighted by Gasteiger charge is -2.19. The van der Waals surface area contributed by atoms with Crippen LogP contribution in [-0.2, 0) is 36.6 Å². The van der Waals surface area contributed by atoms with Crippen LogP contribution in [0.4, 0.5) is 0 Å². The summed E-state index contributed by atoms with van der Waals surface area (Å²) in [6, 6.07) is 6.58. The lowest BCUT2D eigenvalue weighted by atomic mass is 10.00. The second-order valence-electron chi connectivity index (χ2n) is 10.7.